The number of benzene rings is 3. The van der Waals surface area contributed by atoms with Gasteiger partial charge in [-0.1, -0.05) is 80.0 Å². The molecule has 0 aliphatic rings. The summed E-state index contributed by atoms with van der Waals surface area (Å²) in [5.41, 5.74) is 1.63. The van der Waals surface area contributed by atoms with Crippen LogP contribution in [0.2, 0.25) is 5.02 Å². The van der Waals surface area contributed by atoms with Crippen LogP contribution in [0.5, 0.6) is 5.75 Å². The number of hydrogen-bond acceptors (Lipinski definition) is 3. The Bertz CT molecular complexity index is 1120. The standard InChI is InChI=1S/C29H32ClFN2O3/c1-21(2)16-17-32-29(35)26(18-22-8-4-3-5-9-22)33(19-23-12-14-24(31)15-13-23)28(34)20-36-27-11-7-6-10-25(27)30/h3-15,21,26H,16-20H2,1-2H3,(H,32,35)/t26-/m1/s1. The van der Waals surface area contributed by atoms with Crippen molar-refractivity contribution >= 4 is 23.4 Å². The minimum Gasteiger partial charge on any atom is -0.482 e. The van der Waals surface area contributed by atoms with E-state index in [1.807, 2.05) is 30.3 Å². The minimum absolute atomic E-state index is 0.125. The van der Waals surface area contributed by atoms with E-state index in [1.165, 1.54) is 17.0 Å². The number of ether oxygens (including phenoxy) is 1. The average Bonchev–Trinajstić information content (AvgIpc) is 2.87. The molecule has 190 valence electrons. The number of hydrogen-bond donors (Lipinski definition) is 1. The van der Waals surface area contributed by atoms with Gasteiger partial charge in [-0.15, -0.1) is 0 Å². The lowest BCUT2D eigenvalue weighted by molar-refractivity contribution is -0.142. The van der Waals surface area contributed by atoms with E-state index in [0.29, 0.717) is 35.2 Å². The van der Waals surface area contributed by atoms with Gasteiger partial charge in [0.15, 0.2) is 6.61 Å². The van der Waals surface area contributed by atoms with Crippen molar-refractivity contribution in [3.63, 3.8) is 0 Å². The summed E-state index contributed by atoms with van der Waals surface area (Å²) < 4.78 is 19.2. The Morgan fingerprint density at radius 2 is 1.61 bits per heavy atom. The van der Waals surface area contributed by atoms with Gasteiger partial charge in [0.2, 0.25) is 5.91 Å². The topological polar surface area (TPSA) is 58.6 Å². The lowest BCUT2D eigenvalue weighted by atomic mass is 10.0. The molecule has 0 unspecified atom stereocenters. The number of nitrogens with one attached hydrogen (secondary N) is 1. The van der Waals surface area contributed by atoms with Crippen molar-refractivity contribution in [1.82, 2.24) is 10.2 Å². The van der Waals surface area contributed by atoms with E-state index >= 15 is 0 Å². The molecule has 0 aromatic heterocycles. The zero-order valence-corrected chi connectivity index (χ0v) is 21.4. The van der Waals surface area contributed by atoms with E-state index in [4.69, 9.17) is 16.3 Å². The number of nitrogens with zero attached hydrogens (tertiary/aromatic N) is 1. The molecule has 7 heteroatoms. The van der Waals surface area contributed by atoms with E-state index in [0.717, 1.165) is 12.0 Å². The van der Waals surface area contributed by atoms with Gasteiger partial charge in [-0.2, -0.15) is 0 Å². The molecule has 0 bridgehead atoms. The first-order chi connectivity index (χ1) is 17.3. The van der Waals surface area contributed by atoms with Crippen LogP contribution in [-0.4, -0.2) is 35.9 Å². The van der Waals surface area contributed by atoms with Gasteiger partial charge in [-0.25, -0.2) is 4.39 Å². The van der Waals surface area contributed by atoms with Crippen molar-refractivity contribution in [3.05, 3.63) is 101 Å². The Kier molecular flexibility index (Phi) is 10.3. The largest absolute Gasteiger partial charge is 0.482 e. The summed E-state index contributed by atoms with van der Waals surface area (Å²) in [4.78, 5) is 28.4. The maximum Gasteiger partial charge on any atom is 0.261 e. The third kappa shape index (κ3) is 8.38. The normalized spacial score (nSPS) is 11.7. The number of rotatable bonds is 12. The van der Waals surface area contributed by atoms with E-state index in [2.05, 4.69) is 19.2 Å². The van der Waals surface area contributed by atoms with Crippen LogP contribution >= 0.6 is 11.6 Å². The highest BCUT2D eigenvalue weighted by molar-refractivity contribution is 6.32. The lowest BCUT2D eigenvalue weighted by Gasteiger charge is -2.31. The minimum atomic E-state index is -0.785. The Morgan fingerprint density at radius 1 is 0.944 bits per heavy atom. The Morgan fingerprint density at radius 3 is 2.28 bits per heavy atom. The zero-order valence-electron chi connectivity index (χ0n) is 20.6. The average molecular weight is 511 g/mol. The second-order valence-corrected chi connectivity index (χ2v) is 9.45. The van der Waals surface area contributed by atoms with Gasteiger partial charge in [-0.3, -0.25) is 9.59 Å². The van der Waals surface area contributed by atoms with Crippen molar-refractivity contribution in [2.75, 3.05) is 13.2 Å². The molecule has 0 aliphatic heterocycles. The SMILES string of the molecule is CC(C)CCNC(=O)[C@@H](Cc1ccccc1)N(Cc1ccc(F)cc1)C(=O)COc1ccccc1Cl. The molecule has 3 aromatic carbocycles. The highest BCUT2D eigenvalue weighted by Gasteiger charge is 2.30. The molecule has 0 saturated heterocycles. The summed E-state index contributed by atoms with van der Waals surface area (Å²) in [6.45, 7) is 4.51. The van der Waals surface area contributed by atoms with Gasteiger partial charge in [0.05, 0.1) is 5.02 Å². The molecule has 1 N–H and O–H groups in total. The van der Waals surface area contributed by atoms with Crippen molar-refractivity contribution in [1.29, 1.82) is 0 Å². The van der Waals surface area contributed by atoms with Gasteiger partial charge in [0.1, 0.15) is 17.6 Å². The quantitative estimate of drug-likeness (QED) is 0.342. The van der Waals surface area contributed by atoms with Crippen molar-refractivity contribution < 1.29 is 18.7 Å². The molecular weight excluding hydrogens is 479 g/mol. The number of halogens is 2. The third-order valence-electron chi connectivity index (χ3n) is 5.75. The molecule has 0 heterocycles. The second kappa shape index (κ2) is 13.6. The first kappa shape index (κ1) is 27.2. The maximum absolute atomic E-state index is 13.5. The van der Waals surface area contributed by atoms with Crippen molar-refractivity contribution in [2.24, 2.45) is 5.92 Å². The van der Waals surface area contributed by atoms with Crippen LogP contribution in [0.25, 0.3) is 0 Å². The van der Waals surface area contributed by atoms with Gasteiger partial charge in [0.25, 0.3) is 5.91 Å². The summed E-state index contributed by atoms with van der Waals surface area (Å²) in [6, 6.07) is 21.6. The second-order valence-electron chi connectivity index (χ2n) is 9.05. The highest BCUT2D eigenvalue weighted by Crippen LogP contribution is 2.23. The summed E-state index contributed by atoms with van der Waals surface area (Å²) in [5, 5.41) is 3.38. The molecular formula is C29H32ClFN2O3. The van der Waals surface area contributed by atoms with Crippen LogP contribution in [-0.2, 0) is 22.6 Å². The molecule has 3 aromatic rings. The zero-order chi connectivity index (χ0) is 25.9. The molecule has 0 aliphatic carbocycles. The maximum atomic E-state index is 13.5. The molecule has 2 amide bonds. The van der Waals surface area contributed by atoms with Crippen LogP contribution in [0.1, 0.15) is 31.4 Å². The van der Waals surface area contributed by atoms with Crippen LogP contribution in [0.4, 0.5) is 4.39 Å². The molecule has 3 rings (SSSR count). The number of amides is 2. The summed E-state index contributed by atoms with van der Waals surface area (Å²) >= 11 is 6.19. The number of carbonyl (C=O) groups is 2. The smallest absolute Gasteiger partial charge is 0.261 e. The van der Waals surface area contributed by atoms with Crippen LogP contribution in [0.3, 0.4) is 0 Å². The Balaban J connectivity index is 1.88. The summed E-state index contributed by atoms with van der Waals surface area (Å²) in [6.07, 6.45) is 1.15. The predicted octanol–water partition coefficient (Wildman–Crippen LogP) is 5.66. The van der Waals surface area contributed by atoms with Crippen LogP contribution in [0.15, 0.2) is 78.9 Å². The monoisotopic (exact) mass is 510 g/mol. The third-order valence-corrected chi connectivity index (χ3v) is 6.06. The predicted molar refractivity (Wildman–Crippen MR) is 140 cm³/mol. The van der Waals surface area contributed by atoms with Crippen molar-refractivity contribution in [3.8, 4) is 5.75 Å². The fourth-order valence-corrected chi connectivity index (χ4v) is 3.92. The fraction of sp³-hybridized carbons (Fsp3) is 0.310. The molecule has 0 radical (unpaired) electrons. The van der Waals surface area contributed by atoms with E-state index in [-0.39, 0.29) is 30.8 Å². The number of carbonyl (C=O) groups excluding carboxylic acids is 2. The van der Waals surface area contributed by atoms with Gasteiger partial charge in [0, 0.05) is 19.5 Å². The Hall–Kier alpha value is -3.38. The van der Waals surface area contributed by atoms with Gasteiger partial charge in [-0.05, 0) is 47.7 Å². The fourth-order valence-electron chi connectivity index (χ4n) is 3.73. The number of para-hydroxylation sites is 1. The first-order valence-electron chi connectivity index (χ1n) is 12.1. The first-order valence-corrected chi connectivity index (χ1v) is 12.4. The molecule has 0 spiro atoms. The Labute approximate surface area is 217 Å². The van der Waals surface area contributed by atoms with Crippen LogP contribution < -0.4 is 10.1 Å². The van der Waals surface area contributed by atoms with Gasteiger partial charge < -0.3 is 15.0 Å². The molecule has 1 atom stereocenters. The molecule has 0 fully saturated rings. The lowest BCUT2D eigenvalue weighted by Crippen LogP contribution is -2.52. The van der Waals surface area contributed by atoms with Gasteiger partial charge >= 0.3 is 0 Å². The van der Waals surface area contributed by atoms with Crippen LogP contribution in [0, 0.1) is 11.7 Å². The molecule has 36 heavy (non-hydrogen) atoms. The summed E-state index contributed by atoms with van der Waals surface area (Å²) in [7, 11) is 0. The highest BCUT2D eigenvalue weighted by atomic mass is 35.5. The van der Waals surface area contributed by atoms with E-state index < -0.39 is 6.04 Å². The van der Waals surface area contributed by atoms with E-state index in [9.17, 15) is 14.0 Å². The van der Waals surface area contributed by atoms with Crippen molar-refractivity contribution in [2.45, 2.75) is 39.3 Å². The summed E-state index contributed by atoms with van der Waals surface area (Å²) in [5.74, 6) is -0.174. The van der Waals surface area contributed by atoms with E-state index in [1.54, 1.807) is 36.4 Å². The molecule has 0 saturated carbocycles. The molecule has 5 nitrogen and oxygen atoms in total.